The lowest BCUT2D eigenvalue weighted by Gasteiger charge is -2.20. The van der Waals surface area contributed by atoms with E-state index >= 15 is 0 Å². The Labute approximate surface area is 108 Å². The lowest BCUT2D eigenvalue weighted by atomic mass is 9.97. The summed E-state index contributed by atoms with van der Waals surface area (Å²) in [6.45, 7) is 1.94. The van der Waals surface area contributed by atoms with Crippen LogP contribution in [0.15, 0.2) is 30.3 Å². The van der Waals surface area contributed by atoms with Crippen molar-refractivity contribution >= 4 is 21.7 Å². The van der Waals surface area contributed by atoms with Crippen LogP contribution in [0.1, 0.15) is 12.5 Å². The predicted molar refractivity (Wildman–Crippen MR) is 69.7 cm³/mol. The summed E-state index contributed by atoms with van der Waals surface area (Å²) >= 11 is 5.75. The molecular weight excluding hydrogens is 260 g/mol. The third-order valence-electron chi connectivity index (χ3n) is 2.49. The van der Waals surface area contributed by atoms with Crippen molar-refractivity contribution in [1.82, 2.24) is 0 Å². The summed E-state index contributed by atoms with van der Waals surface area (Å²) in [5.74, 6) is 0.214. The maximum Gasteiger partial charge on any atom is 0.264 e. The Morgan fingerprint density at radius 3 is 2.35 bits per heavy atom. The number of halogens is 1. The van der Waals surface area contributed by atoms with Crippen molar-refractivity contribution in [1.29, 1.82) is 0 Å². The monoisotopic (exact) mass is 276 g/mol. The van der Waals surface area contributed by atoms with Crippen molar-refractivity contribution in [2.75, 3.05) is 12.1 Å². The maximum absolute atomic E-state index is 11.1. The average Bonchev–Trinajstić information content (AvgIpc) is 2.26. The van der Waals surface area contributed by atoms with Crippen molar-refractivity contribution in [3.05, 3.63) is 35.9 Å². The fraction of sp³-hybridized carbons (Fsp3) is 0.500. The molecule has 1 aromatic carbocycles. The summed E-state index contributed by atoms with van der Waals surface area (Å²) in [4.78, 5) is 0. The minimum Gasteiger partial charge on any atom is -0.265 e. The standard InChI is InChI=1S/C12H17ClO3S/c1-10(8-11-6-4-3-5-7-11)12(9-13)16-17(2,14)15/h3-7,10,12H,8-9H2,1-2H3/t10-,12+/m0/s1. The first-order valence-electron chi connectivity index (χ1n) is 5.40. The molecule has 3 nitrogen and oxygen atoms in total. The molecule has 0 N–H and O–H groups in total. The molecule has 0 saturated heterocycles. The van der Waals surface area contributed by atoms with Crippen LogP contribution in [0, 0.1) is 5.92 Å². The zero-order chi connectivity index (χ0) is 12.9. The van der Waals surface area contributed by atoms with Crippen LogP contribution in [0.25, 0.3) is 0 Å². The first kappa shape index (κ1) is 14.5. The maximum atomic E-state index is 11.1. The van der Waals surface area contributed by atoms with E-state index in [9.17, 15) is 8.42 Å². The van der Waals surface area contributed by atoms with Crippen LogP contribution < -0.4 is 0 Å². The second-order valence-corrected chi connectivity index (χ2v) is 6.07. The molecule has 0 saturated carbocycles. The third kappa shape index (κ3) is 5.52. The Morgan fingerprint density at radius 2 is 1.88 bits per heavy atom. The van der Waals surface area contributed by atoms with E-state index in [4.69, 9.17) is 15.8 Å². The molecule has 1 aromatic rings. The van der Waals surface area contributed by atoms with Gasteiger partial charge in [0, 0.05) is 0 Å². The van der Waals surface area contributed by atoms with E-state index in [1.165, 1.54) is 0 Å². The number of hydrogen-bond acceptors (Lipinski definition) is 3. The molecule has 0 unspecified atom stereocenters. The molecule has 5 heteroatoms. The highest BCUT2D eigenvalue weighted by molar-refractivity contribution is 7.86. The summed E-state index contributed by atoms with van der Waals surface area (Å²) in [7, 11) is -3.46. The molecule has 0 heterocycles. The van der Waals surface area contributed by atoms with Gasteiger partial charge in [0.15, 0.2) is 0 Å². The summed E-state index contributed by atoms with van der Waals surface area (Å²) in [6.07, 6.45) is 1.31. The zero-order valence-corrected chi connectivity index (χ0v) is 11.5. The van der Waals surface area contributed by atoms with Crippen LogP contribution in [0.5, 0.6) is 0 Å². The number of benzene rings is 1. The molecule has 0 aliphatic carbocycles. The predicted octanol–water partition coefficient (Wildman–Crippen LogP) is 2.45. The molecular formula is C12H17ClO3S. The van der Waals surface area contributed by atoms with E-state index in [2.05, 4.69) is 0 Å². The Kier molecular flexibility index (Phi) is 5.43. The van der Waals surface area contributed by atoms with Crippen LogP contribution in [-0.2, 0) is 20.7 Å². The summed E-state index contributed by atoms with van der Waals surface area (Å²) in [5.41, 5.74) is 1.15. The molecule has 0 spiro atoms. The van der Waals surface area contributed by atoms with Gasteiger partial charge in [0.05, 0.1) is 18.2 Å². The van der Waals surface area contributed by atoms with Gasteiger partial charge >= 0.3 is 0 Å². The molecule has 0 fully saturated rings. The Hall–Kier alpha value is -0.580. The van der Waals surface area contributed by atoms with E-state index in [1.54, 1.807) is 0 Å². The van der Waals surface area contributed by atoms with Crippen LogP contribution >= 0.6 is 11.6 Å². The van der Waals surface area contributed by atoms with Gasteiger partial charge in [-0.1, -0.05) is 37.3 Å². The first-order chi connectivity index (χ1) is 7.92. The number of rotatable bonds is 6. The van der Waals surface area contributed by atoms with Crippen LogP contribution in [0.3, 0.4) is 0 Å². The normalized spacial score (nSPS) is 15.5. The molecule has 1 rings (SSSR count). The van der Waals surface area contributed by atoms with E-state index in [0.717, 1.165) is 18.2 Å². The van der Waals surface area contributed by atoms with Crippen LogP contribution in [-0.4, -0.2) is 26.7 Å². The second kappa shape index (κ2) is 6.38. The SMILES string of the molecule is C[C@@H](Cc1ccccc1)[C@@H](CCl)OS(C)(=O)=O. The summed E-state index contributed by atoms with van der Waals surface area (Å²) in [5, 5.41) is 0. The Bertz CT molecular complexity index is 430. The van der Waals surface area contributed by atoms with E-state index in [0.29, 0.717) is 0 Å². The molecule has 0 bridgehead atoms. The third-order valence-corrected chi connectivity index (χ3v) is 3.39. The van der Waals surface area contributed by atoms with Gasteiger partial charge in [0.25, 0.3) is 10.1 Å². The molecule has 0 aromatic heterocycles. The van der Waals surface area contributed by atoms with Gasteiger partial charge in [-0.3, -0.25) is 4.18 Å². The van der Waals surface area contributed by atoms with Gasteiger partial charge in [0.2, 0.25) is 0 Å². The topological polar surface area (TPSA) is 43.4 Å². The number of alkyl halides is 1. The average molecular weight is 277 g/mol. The quantitative estimate of drug-likeness (QED) is 0.592. The van der Waals surface area contributed by atoms with Crippen LogP contribution in [0.4, 0.5) is 0 Å². The summed E-state index contributed by atoms with van der Waals surface area (Å²) in [6, 6.07) is 9.86. The summed E-state index contributed by atoms with van der Waals surface area (Å²) < 4.78 is 27.1. The van der Waals surface area contributed by atoms with Gasteiger partial charge in [-0.2, -0.15) is 8.42 Å². The highest BCUT2D eigenvalue weighted by Gasteiger charge is 2.21. The second-order valence-electron chi connectivity index (χ2n) is 4.16. The minimum atomic E-state index is -3.46. The first-order valence-corrected chi connectivity index (χ1v) is 7.75. The minimum absolute atomic E-state index is 0.0459. The molecule has 0 amide bonds. The van der Waals surface area contributed by atoms with E-state index < -0.39 is 16.2 Å². The molecule has 17 heavy (non-hydrogen) atoms. The van der Waals surface area contributed by atoms with Crippen molar-refractivity contribution < 1.29 is 12.6 Å². The van der Waals surface area contributed by atoms with E-state index in [1.807, 2.05) is 37.3 Å². The van der Waals surface area contributed by atoms with Gasteiger partial charge < -0.3 is 0 Å². The molecule has 2 atom stereocenters. The zero-order valence-electron chi connectivity index (χ0n) is 9.97. The fourth-order valence-corrected chi connectivity index (χ4v) is 2.76. The fourth-order valence-electron chi connectivity index (χ4n) is 1.61. The van der Waals surface area contributed by atoms with Crippen molar-refractivity contribution in [2.45, 2.75) is 19.4 Å². The Morgan fingerprint density at radius 1 is 1.29 bits per heavy atom. The van der Waals surface area contributed by atoms with Gasteiger partial charge in [-0.05, 0) is 17.9 Å². The Balaban J connectivity index is 2.64. The molecule has 0 radical (unpaired) electrons. The molecule has 0 aliphatic rings. The smallest absolute Gasteiger partial charge is 0.264 e. The van der Waals surface area contributed by atoms with Crippen molar-refractivity contribution in [2.24, 2.45) is 5.92 Å². The largest absolute Gasteiger partial charge is 0.265 e. The molecule has 0 aliphatic heterocycles. The number of hydrogen-bond donors (Lipinski definition) is 0. The van der Waals surface area contributed by atoms with Crippen LogP contribution in [0.2, 0.25) is 0 Å². The molecule has 96 valence electrons. The van der Waals surface area contributed by atoms with E-state index in [-0.39, 0.29) is 11.8 Å². The van der Waals surface area contributed by atoms with Crippen molar-refractivity contribution in [3.63, 3.8) is 0 Å². The van der Waals surface area contributed by atoms with Gasteiger partial charge in [-0.25, -0.2) is 0 Å². The lowest BCUT2D eigenvalue weighted by molar-refractivity contribution is 0.173. The lowest BCUT2D eigenvalue weighted by Crippen LogP contribution is -2.28. The van der Waals surface area contributed by atoms with Crippen molar-refractivity contribution in [3.8, 4) is 0 Å². The highest BCUT2D eigenvalue weighted by Crippen LogP contribution is 2.17. The van der Waals surface area contributed by atoms with Gasteiger partial charge in [-0.15, -0.1) is 11.6 Å². The highest BCUT2D eigenvalue weighted by atomic mass is 35.5. The van der Waals surface area contributed by atoms with Gasteiger partial charge in [0.1, 0.15) is 0 Å².